The fraction of sp³-hybridized carbons (Fsp3) is 0.818. The molecule has 0 saturated carbocycles. The lowest BCUT2D eigenvalue weighted by atomic mass is 10.1. The molecule has 2 saturated heterocycles. The van der Waals surface area contributed by atoms with Crippen LogP contribution in [0.3, 0.4) is 0 Å². The van der Waals surface area contributed by atoms with Gasteiger partial charge in [-0.2, -0.15) is 0 Å². The minimum Gasteiger partial charge on any atom is -0.340 e. The molecule has 0 spiro atoms. The number of rotatable bonds is 2. The van der Waals surface area contributed by atoms with E-state index in [2.05, 4.69) is 0 Å². The van der Waals surface area contributed by atoms with Crippen molar-refractivity contribution in [3.05, 3.63) is 0 Å². The Bertz CT molecular complexity index is 473. The van der Waals surface area contributed by atoms with E-state index in [1.54, 1.807) is 14.1 Å². The van der Waals surface area contributed by atoms with Crippen molar-refractivity contribution < 1.29 is 18.0 Å². The Morgan fingerprint density at radius 1 is 1.39 bits per heavy atom. The van der Waals surface area contributed by atoms with Crippen molar-refractivity contribution in [2.75, 3.05) is 25.6 Å². The van der Waals surface area contributed by atoms with Crippen LogP contribution in [0.15, 0.2) is 0 Å². The SMILES string of the molecule is CN(C(=O)C1CCC(=O)N1C)C1CCS(=O)(=O)C1. The summed E-state index contributed by atoms with van der Waals surface area (Å²) >= 11 is 0. The summed E-state index contributed by atoms with van der Waals surface area (Å²) in [6.07, 6.45) is 1.41. The molecule has 0 radical (unpaired) electrons. The molecule has 7 heteroatoms. The number of amides is 2. The normalized spacial score (nSPS) is 30.8. The van der Waals surface area contributed by atoms with Crippen molar-refractivity contribution in [3.8, 4) is 0 Å². The molecule has 0 N–H and O–H groups in total. The number of hydrogen-bond donors (Lipinski definition) is 0. The Hall–Kier alpha value is -1.11. The van der Waals surface area contributed by atoms with Gasteiger partial charge in [-0.25, -0.2) is 8.42 Å². The van der Waals surface area contributed by atoms with Gasteiger partial charge >= 0.3 is 0 Å². The van der Waals surface area contributed by atoms with Gasteiger partial charge in [-0.1, -0.05) is 0 Å². The lowest BCUT2D eigenvalue weighted by molar-refractivity contribution is -0.140. The smallest absolute Gasteiger partial charge is 0.245 e. The second kappa shape index (κ2) is 4.53. The number of carbonyl (C=O) groups is 2. The van der Waals surface area contributed by atoms with E-state index in [9.17, 15) is 18.0 Å². The van der Waals surface area contributed by atoms with Gasteiger partial charge in [-0.3, -0.25) is 9.59 Å². The maximum absolute atomic E-state index is 12.2. The predicted molar refractivity (Wildman–Crippen MR) is 65.6 cm³/mol. The van der Waals surface area contributed by atoms with Crippen LogP contribution in [0.2, 0.25) is 0 Å². The van der Waals surface area contributed by atoms with Gasteiger partial charge in [-0.15, -0.1) is 0 Å². The number of likely N-dealkylation sites (tertiary alicyclic amines) is 1. The van der Waals surface area contributed by atoms with E-state index in [1.165, 1.54) is 9.80 Å². The number of hydrogen-bond acceptors (Lipinski definition) is 4. The molecular formula is C11H18N2O4S. The molecule has 0 aromatic carbocycles. The monoisotopic (exact) mass is 274 g/mol. The van der Waals surface area contributed by atoms with E-state index in [0.29, 0.717) is 19.3 Å². The molecule has 2 fully saturated rings. The molecule has 2 heterocycles. The van der Waals surface area contributed by atoms with Crippen LogP contribution in [0.1, 0.15) is 19.3 Å². The Morgan fingerprint density at radius 3 is 2.50 bits per heavy atom. The largest absolute Gasteiger partial charge is 0.340 e. The molecule has 2 aliphatic heterocycles. The first-order valence-corrected chi connectivity index (χ1v) is 7.87. The minimum atomic E-state index is -3.00. The van der Waals surface area contributed by atoms with Gasteiger partial charge in [0.05, 0.1) is 11.5 Å². The third kappa shape index (κ3) is 2.36. The van der Waals surface area contributed by atoms with Gasteiger partial charge in [0.2, 0.25) is 11.8 Å². The zero-order chi connectivity index (χ0) is 13.5. The molecule has 2 amide bonds. The fourth-order valence-corrected chi connectivity index (χ4v) is 4.36. The highest BCUT2D eigenvalue weighted by Gasteiger charge is 2.39. The standard InChI is InChI=1S/C11H18N2O4S/c1-12(8-5-6-18(16,17)7-8)11(15)9-3-4-10(14)13(9)2/h8-9H,3-7H2,1-2H3. The first-order valence-electron chi connectivity index (χ1n) is 6.04. The van der Waals surface area contributed by atoms with E-state index >= 15 is 0 Å². The third-order valence-corrected chi connectivity index (χ3v) is 5.63. The lowest BCUT2D eigenvalue weighted by Crippen LogP contribution is -2.47. The van der Waals surface area contributed by atoms with Crippen molar-refractivity contribution >= 4 is 21.7 Å². The van der Waals surface area contributed by atoms with E-state index in [-0.39, 0.29) is 29.4 Å². The van der Waals surface area contributed by atoms with Crippen LogP contribution >= 0.6 is 0 Å². The quantitative estimate of drug-likeness (QED) is 0.664. The first kappa shape index (κ1) is 13.3. The molecule has 6 nitrogen and oxygen atoms in total. The molecule has 2 aliphatic rings. The van der Waals surface area contributed by atoms with Crippen LogP contribution in [0, 0.1) is 0 Å². The highest BCUT2D eigenvalue weighted by Crippen LogP contribution is 2.22. The van der Waals surface area contributed by atoms with E-state index in [0.717, 1.165) is 0 Å². The van der Waals surface area contributed by atoms with Crippen molar-refractivity contribution in [2.45, 2.75) is 31.3 Å². The first-order chi connectivity index (χ1) is 8.32. The second-order valence-electron chi connectivity index (χ2n) is 5.07. The Morgan fingerprint density at radius 2 is 2.06 bits per heavy atom. The van der Waals surface area contributed by atoms with E-state index < -0.39 is 15.9 Å². The van der Waals surface area contributed by atoms with Crippen molar-refractivity contribution in [2.24, 2.45) is 0 Å². The van der Waals surface area contributed by atoms with Gasteiger partial charge in [-0.05, 0) is 12.8 Å². The van der Waals surface area contributed by atoms with Crippen molar-refractivity contribution in [1.29, 1.82) is 0 Å². The summed E-state index contributed by atoms with van der Waals surface area (Å²) in [5.41, 5.74) is 0. The summed E-state index contributed by atoms with van der Waals surface area (Å²) in [6, 6.07) is -0.669. The van der Waals surface area contributed by atoms with Gasteiger partial charge in [0.1, 0.15) is 6.04 Å². The van der Waals surface area contributed by atoms with Gasteiger partial charge in [0, 0.05) is 26.6 Å². The number of nitrogens with zero attached hydrogens (tertiary/aromatic N) is 2. The maximum atomic E-state index is 12.2. The minimum absolute atomic E-state index is 0.0270. The topological polar surface area (TPSA) is 74.8 Å². The highest BCUT2D eigenvalue weighted by molar-refractivity contribution is 7.91. The van der Waals surface area contributed by atoms with Crippen LogP contribution in [-0.2, 0) is 19.4 Å². The van der Waals surface area contributed by atoms with Crippen LogP contribution in [0.5, 0.6) is 0 Å². The number of likely N-dealkylation sites (N-methyl/N-ethyl adjacent to an activating group) is 2. The van der Waals surface area contributed by atoms with Crippen LogP contribution < -0.4 is 0 Å². The summed E-state index contributed by atoms with van der Waals surface area (Å²) in [5.74, 6) is 0.0141. The zero-order valence-corrected chi connectivity index (χ0v) is 11.4. The summed E-state index contributed by atoms with van der Waals surface area (Å²) in [4.78, 5) is 26.6. The molecule has 0 bridgehead atoms. The molecule has 2 atom stereocenters. The highest BCUT2D eigenvalue weighted by atomic mass is 32.2. The second-order valence-corrected chi connectivity index (χ2v) is 7.29. The predicted octanol–water partition coefficient (Wildman–Crippen LogP) is -0.747. The van der Waals surface area contributed by atoms with E-state index in [1.807, 2.05) is 0 Å². The fourth-order valence-electron chi connectivity index (χ4n) is 2.59. The average molecular weight is 274 g/mol. The molecule has 0 aromatic heterocycles. The summed E-state index contributed by atoms with van der Waals surface area (Å²) in [5, 5.41) is 0. The van der Waals surface area contributed by atoms with E-state index in [4.69, 9.17) is 0 Å². The number of sulfone groups is 1. The summed E-state index contributed by atoms with van der Waals surface area (Å²) < 4.78 is 22.8. The molecule has 2 unspecified atom stereocenters. The third-order valence-electron chi connectivity index (χ3n) is 3.88. The Balaban J connectivity index is 2.04. The average Bonchev–Trinajstić information content (AvgIpc) is 2.82. The Labute approximate surface area is 107 Å². The molecule has 18 heavy (non-hydrogen) atoms. The molecular weight excluding hydrogens is 256 g/mol. The van der Waals surface area contributed by atoms with Crippen LogP contribution in [-0.4, -0.2) is 67.7 Å². The van der Waals surface area contributed by atoms with Crippen LogP contribution in [0.4, 0.5) is 0 Å². The van der Waals surface area contributed by atoms with Gasteiger partial charge < -0.3 is 9.80 Å². The zero-order valence-electron chi connectivity index (χ0n) is 10.6. The van der Waals surface area contributed by atoms with Gasteiger partial charge in [0.25, 0.3) is 0 Å². The lowest BCUT2D eigenvalue weighted by Gasteiger charge is -2.29. The molecule has 0 aliphatic carbocycles. The van der Waals surface area contributed by atoms with Crippen molar-refractivity contribution in [3.63, 3.8) is 0 Å². The summed E-state index contributed by atoms with van der Waals surface area (Å²) in [7, 11) is 0.255. The molecule has 0 aromatic rings. The van der Waals surface area contributed by atoms with Gasteiger partial charge in [0.15, 0.2) is 9.84 Å². The van der Waals surface area contributed by atoms with Crippen molar-refractivity contribution in [1.82, 2.24) is 9.80 Å². The molecule has 102 valence electrons. The Kier molecular flexibility index (Phi) is 3.35. The molecule has 2 rings (SSSR count). The maximum Gasteiger partial charge on any atom is 0.245 e. The number of carbonyl (C=O) groups excluding carboxylic acids is 2. The van der Waals surface area contributed by atoms with Crippen LogP contribution in [0.25, 0.3) is 0 Å². The summed E-state index contributed by atoms with van der Waals surface area (Å²) in [6.45, 7) is 0.